The Kier molecular flexibility index (Phi) is 3.23. The molecule has 0 N–H and O–H groups in total. The quantitative estimate of drug-likeness (QED) is 0.605. The minimum absolute atomic E-state index is 0.00954. The molecule has 0 spiro atoms. The molecule has 0 bridgehead atoms. The lowest BCUT2D eigenvalue weighted by Gasteiger charge is -2.44. The van der Waals surface area contributed by atoms with Crippen molar-refractivity contribution in [3.8, 4) is 0 Å². The van der Waals surface area contributed by atoms with Crippen LogP contribution in [0.2, 0.25) is 0 Å². The highest BCUT2D eigenvalue weighted by Crippen LogP contribution is 2.50. The lowest BCUT2D eigenvalue weighted by Crippen LogP contribution is -2.45. The topological polar surface area (TPSA) is 26.3 Å². The van der Waals surface area contributed by atoms with Gasteiger partial charge in [0.05, 0.1) is 12.5 Å². The second-order valence-electron chi connectivity index (χ2n) is 5.38. The van der Waals surface area contributed by atoms with Crippen molar-refractivity contribution in [1.29, 1.82) is 0 Å². The van der Waals surface area contributed by atoms with Gasteiger partial charge in [0, 0.05) is 0 Å². The van der Waals surface area contributed by atoms with Crippen molar-refractivity contribution in [2.24, 2.45) is 10.8 Å². The molecule has 0 saturated heterocycles. The maximum Gasteiger partial charge on any atom is 0.312 e. The molecule has 14 heavy (non-hydrogen) atoms. The monoisotopic (exact) mass is 198 g/mol. The Bertz CT molecular complexity index is 207. The second-order valence-corrected chi connectivity index (χ2v) is 5.38. The van der Waals surface area contributed by atoms with Gasteiger partial charge in [-0.05, 0) is 18.3 Å². The lowest BCUT2D eigenvalue weighted by molar-refractivity contribution is -0.163. The van der Waals surface area contributed by atoms with Gasteiger partial charge < -0.3 is 4.74 Å². The molecule has 0 radical (unpaired) electrons. The lowest BCUT2D eigenvalue weighted by atomic mass is 9.59. The zero-order valence-electron chi connectivity index (χ0n) is 9.85. The van der Waals surface area contributed by atoms with Crippen molar-refractivity contribution in [2.75, 3.05) is 7.11 Å². The van der Waals surface area contributed by atoms with E-state index < -0.39 is 0 Å². The molecule has 0 atom stereocenters. The highest BCUT2D eigenvalue weighted by atomic mass is 16.5. The van der Waals surface area contributed by atoms with Crippen LogP contribution in [-0.2, 0) is 9.53 Å². The normalized spacial score (nSPS) is 21.7. The molecule has 0 amide bonds. The van der Waals surface area contributed by atoms with Gasteiger partial charge >= 0.3 is 5.97 Å². The summed E-state index contributed by atoms with van der Waals surface area (Å²) in [7, 11) is 1.50. The molecule has 2 heteroatoms. The molecule has 0 heterocycles. The Morgan fingerprint density at radius 2 is 1.64 bits per heavy atom. The van der Waals surface area contributed by atoms with Crippen molar-refractivity contribution in [1.82, 2.24) is 0 Å². The zero-order chi connectivity index (χ0) is 10.8. The van der Waals surface area contributed by atoms with Gasteiger partial charge in [0.1, 0.15) is 0 Å². The number of carbonyl (C=O) groups is 1. The van der Waals surface area contributed by atoms with Crippen molar-refractivity contribution in [2.45, 2.75) is 52.9 Å². The number of esters is 1. The molecule has 82 valence electrons. The Hall–Kier alpha value is -0.530. The molecule has 0 aromatic carbocycles. The van der Waals surface area contributed by atoms with Crippen LogP contribution in [0.15, 0.2) is 0 Å². The summed E-state index contributed by atoms with van der Waals surface area (Å²) >= 11 is 0. The Labute approximate surface area is 87.0 Å². The second kappa shape index (κ2) is 3.92. The van der Waals surface area contributed by atoms with Gasteiger partial charge in [-0.2, -0.15) is 0 Å². The summed E-state index contributed by atoms with van der Waals surface area (Å²) in [5.74, 6) is -0.00954. The summed E-state index contributed by atoms with van der Waals surface area (Å²) in [6.07, 6.45) is 5.56. The Morgan fingerprint density at radius 1 is 1.14 bits per heavy atom. The van der Waals surface area contributed by atoms with Crippen LogP contribution in [0, 0.1) is 10.8 Å². The first-order chi connectivity index (χ1) is 6.44. The third-order valence-electron chi connectivity index (χ3n) is 3.72. The maximum absolute atomic E-state index is 11.9. The predicted octanol–water partition coefficient (Wildman–Crippen LogP) is 3.16. The molecule has 0 aromatic rings. The molecule has 2 nitrogen and oxygen atoms in total. The van der Waals surface area contributed by atoms with E-state index in [0.29, 0.717) is 0 Å². The summed E-state index contributed by atoms with van der Waals surface area (Å²) in [5, 5.41) is 0. The van der Waals surface area contributed by atoms with E-state index in [1.54, 1.807) is 0 Å². The molecule has 1 aliphatic carbocycles. The third kappa shape index (κ3) is 1.79. The fraction of sp³-hybridized carbons (Fsp3) is 0.917. The number of hydrogen-bond acceptors (Lipinski definition) is 2. The number of hydrogen-bond donors (Lipinski definition) is 0. The average molecular weight is 198 g/mol. The molecule has 0 aromatic heterocycles. The van der Waals surface area contributed by atoms with Crippen LogP contribution in [0.5, 0.6) is 0 Å². The van der Waals surface area contributed by atoms with E-state index in [-0.39, 0.29) is 16.8 Å². The van der Waals surface area contributed by atoms with Gasteiger partial charge in [-0.25, -0.2) is 0 Å². The predicted molar refractivity (Wildman–Crippen MR) is 57.0 cm³/mol. The van der Waals surface area contributed by atoms with Crippen LogP contribution in [0.25, 0.3) is 0 Å². The van der Waals surface area contributed by atoms with E-state index in [1.807, 2.05) is 0 Å². The van der Waals surface area contributed by atoms with Crippen molar-refractivity contribution >= 4 is 5.97 Å². The maximum atomic E-state index is 11.9. The van der Waals surface area contributed by atoms with E-state index in [2.05, 4.69) is 20.8 Å². The number of carbonyl (C=O) groups excluding carboxylic acids is 1. The first-order valence-corrected chi connectivity index (χ1v) is 5.52. The number of rotatable bonds is 1. The minimum atomic E-state index is -0.236. The number of ether oxygens (including phenoxy) is 1. The van der Waals surface area contributed by atoms with Crippen LogP contribution in [-0.4, -0.2) is 13.1 Å². The first-order valence-electron chi connectivity index (χ1n) is 5.52. The summed E-state index contributed by atoms with van der Waals surface area (Å²) in [5.41, 5.74) is -0.222. The smallest absolute Gasteiger partial charge is 0.312 e. The molecular weight excluding hydrogens is 176 g/mol. The molecule has 1 fully saturated rings. The first kappa shape index (κ1) is 11.5. The van der Waals surface area contributed by atoms with Gasteiger partial charge in [-0.15, -0.1) is 0 Å². The van der Waals surface area contributed by atoms with Gasteiger partial charge in [-0.1, -0.05) is 40.0 Å². The van der Waals surface area contributed by atoms with E-state index in [1.165, 1.54) is 13.5 Å². The van der Waals surface area contributed by atoms with Gasteiger partial charge in [0.25, 0.3) is 0 Å². The third-order valence-corrected chi connectivity index (χ3v) is 3.72. The Balaban J connectivity index is 2.94. The highest BCUT2D eigenvalue weighted by Gasteiger charge is 2.49. The van der Waals surface area contributed by atoms with E-state index in [9.17, 15) is 4.79 Å². The Morgan fingerprint density at radius 3 is 2.00 bits per heavy atom. The van der Waals surface area contributed by atoms with Gasteiger partial charge in [-0.3, -0.25) is 4.79 Å². The van der Waals surface area contributed by atoms with Crippen LogP contribution in [0.1, 0.15) is 52.9 Å². The van der Waals surface area contributed by atoms with Crippen LogP contribution < -0.4 is 0 Å². The standard InChI is InChI=1S/C12H22O2/c1-11(2,3)12(10(13)14-4)8-6-5-7-9-12/h5-9H2,1-4H3. The molecule has 1 rings (SSSR count). The van der Waals surface area contributed by atoms with Crippen LogP contribution in [0.3, 0.4) is 0 Å². The fourth-order valence-corrected chi connectivity index (χ4v) is 2.61. The zero-order valence-corrected chi connectivity index (χ0v) is 9.85. The largest absolute Gasteiger partial charge is 0.469 e. The van der Waals surface area contributed by atoms with E-state index >= 15 is 0 Å². The molecule has 1 saturated carbocycles. The molecular formula is C12H22O2. The van der Waals surface area contributed by atoms with Gasteiger partial charge in [0.2, 0.25) is 0 Å². The van der Waals surface area contributed by atoms with Gasteiger partial charge in [0.15, 0.2) is 0 Å². The molecule has 0 unspecified atom stereocenters. The summed E-state index contributed by atoms with van der Waals surface area (Å²) in [4.78, 5) is 11.9. The minimum Gasteiger partial charge on any atom is -0.469 e. The van der Waals surface area contributed by atoms with E-state index in [4.69, 9.17) is 4.74 Å². The average Bonchev–Trinajstić information content (AvgIpc) is 2.16. The van der Waals surface area contributed by atoms with E-state index in [0.717, 1.165) is 25.7 Å². The van der Waals surface area contributed by atoms with Crippen LogP contribution >= 0.6 is 0 Å². The van der Waals surface area contributed by atoms with Crippen LogP contribution in [0.4, 0.5) is 0 Å². The van der Waals surface area contributed by atoms with Crippen molar-refractivity contribution in [3.05, 3.63) is 0 Å². The summed E-state index contributed by atoms with van der Waals surface area (Å²) in [6, 6.07) is 0. The fourth-order valence-electron chi connectivity index (χ4n) is 2.61. The van der Waals surface area contributed by atoms with Crippen molar-refractivity contribution in [3.63, 3.8) is 0 Å². The SMILES string of the molecule is COC(=O)C1(C(C)(C)C)CCCCC1. The molecule has 1 aliphatic rings. The number of methoxy groups -OCH3 is 1. The summed E-state index contributed by atoms with van der Waals surface area (Å²) < 4.78 is 4.98. The van der Waals surface area contributed by atoms with Crippen molar-refractivity contribution < 1.29 is 9.53 Å². The highest BCUT2D eigenvalue weighted by molar-refractivity contribution is 5.77. The summed E-state index contributed by atoms with van der Waals surface area (Å²) in [6.45, 7) is 6.44. The molecule has 0 aliphatic heterocycles.